The Morgan fingerprint density at radius 2 is 1.89 bits per heavy atom. The molecule has 1 saturated carbocycles. The van der Waals surface area contributed by atoms with Crippen LogP contribution in [0.4, 0.5) is 0 Å². The zero-order valence-corrected chi connectivity index (χ0v) is 17.1. The monoisotopic (exact) mass is 383 g/mol. The first-order valence-electron chi connectivity index (χ1n) is 9.92. The number of aryl methyl sites for hydroxylation is 1. The second kappa shape index (κ2) is 8.59. The Bertz CT molecular complexity index is 838. The first-order valence-corrected chi connectivity index (χ1v) is 9.92. The minimum atomic E-state index is -0.930. The lowest BCUT2D eigenvalue weighted by Crippen LogP contribution is -2.33. The summed E-state index contributed by atoms with van der Waals surface area (Å²) in [5.41, 5.74) is 3.36. The molecule has 0 aliphatic heterocycles. The summed E-state index contributed by atoms with van der Waals surface area (Å²) in [7, 11) is 0. The highest BCUT2D eigenvalue weighted by molar-refractivity contribution is 5.86. The lowest BCUT2D eigenvalue weighted by molar-refractivity contribution is -0.156. The van der Waals surface area contributed by atoms with Crippen molar-refractivity contribution in [2.24, 2.45) is 5.92 Å². The summed E-state index contributed by atoms with van der Waals surface area (Å²) in [6.45, 7) is 8.94. The molecule has 150 valence electrons. The number of rotatable bonds is 8. The predicted molar refractivity (Wildman–Crippen MR) is 107 cm³/mol. The second-order valence-electron chi connectivity index (χ2n) is 7.97. The van der Waals surface area contributed by atoms with E-state index in [2.05, 4.69) is 24.3 Å². The molecule has 28 heavy (non-hydrogen) atoms. The van der Waals surface area contributed by atoms with Gasteiger partial charge >= 0.3 is 5.97 Å². The van der Waals surface area contributed by atoms with Gasteiger partial charge < -0.3 is 10.1 Å². The quantitative estimate of drug-likeness (QED) is 0.710. The van der Waals surface area contributed by atoms with Gasteiger partial charge in [0.2, 0.25) is 6.10 Å². The normalized spacial score (nSPS) is 14.8. The lowest BCUT2D eigenvalue weighted by atomic mass is 10.1. The van der Waals surface area contributed by atoms with E-state index in [-0.39, 0.29) is 18.4 Å². The van der Waals surface area contributed by atoms with E-state index < -0.39 is 12.1 Å². The summed E-state index contributed by atoms with van der Waals surface area (Å²) in [6.07, 6.45) is 1.14. The maximum atomic E-state index is 12.7. The van der Waals surface area contributed by atoms with Gasteiger partial charge in [0.15, 0.2) is 0 Å². The molecule has 3 rings (SSSR count). The number of amides is 1. The molecule has 2 aromatic rings. The van der Waals surface area contributed by atoms with Gasteiger partial charge in [-0.1, -0.05) is 44.2 Å². The van der Waals surface area contributed by atoms with E-state index in [9.17, 15) is 9.59 Å². The second-order valence-corrected chi connectivity index (χ2v) is 7.97. The van der Waals surface area contributed by atoms with Crippen LogP contribution in [0.2, 0.25) is 0 Å². The molecule has 1 atom stereocenters. The molecule has 1 N–H and O–H groups in total. The first-order chi connectivity index (χ1) is 13.3. The number of ether oxygens (including phenoxy) is 1. The molecule has 1 aliphatic carbocycles. The maximum absolute atomic E-state index is 12.7. The number of aromatic nitrogens is 2. The van der Waals surface area contributed by atoms with Crippen LogP contribution in [0.5, 0.6) is 0 Å². The Kier molecular flexibility index (Phi) is 6.17. The third-order valence-corrected chi connectivity index (χ3v) is 4.90. The van der Waals surface area contributed by atoms with E-state index in [0.29, 0.717) is 11.5 Å². The predicted octanol–water partition coefficient (Wildman–Crippen LogP) is 3.26. The van der Waals surface area contributed by atoms with Crippen molar-refractivity contribution in [1.82, 2.24) is 15.1 Å². The average molecular weight is 383 g/mol. The Balaban J connectivity index is 1.73. The van der Waals surface area contributed by atoms with Gasteiger partial charge in [0.1, 0.15) is 0 Å². The molecule has 6 nitrogen and oxygen atoms in total. The summed E-state index contributed by atoms with van der Waals surface area (Å²) in [4.78, 5) is 25.3. The van der Waals surface area contributed by atoms with Crippen LogP contribution >= 0.6 is 0 Å². The largest absolute Gasteiger partial charge is 0.447 e. The number of carbonyl (C=O) groups excluding carboxylic acids is 2. The van der Waals surface area contributed by atoms with E-state index in [4.69, 9.17) is 4.74 Å². The van der Waals surface area contributed by atoms with Crippen LogP contribution < -0.4 is 5.32 Å². The van der Waals surface area contributed by atoms with Gasteiger partial charge in [-0.2, -0.15) is 5.10 Å². The Labute approximate surface area is 166 Å². The van der Waals surface area contributed by atoms with Crippen molar-refractivity contribution in [3.8, 4) is 0 Å². The molecule has 0 spiro atoms. The van der Waals surface area contributed by atoms with Crippen LogP contribution in [-0.2, 0) is 27.3 Å². The number of hydrogen-bond donors (Lipinski definition) is 1. The summed E-state index contributed by atoms with van der Waals surface area (Å²) >= 11 is 0. The average Bonchev–Trinajstić information content (AvgIpc) is 3.43. The summed E-state index contributed by atoms with van der Waals surface area (Å²) in [5, 5.41) is 7.49. The molecule has 6 heteroatoms. The fourth-order valence-corrected chi connectivity index (χ4v) is 3.24. The first kappa shape index (κ1) is 20.1. The van der Waals surface area contributed by atoms with Crippen LogP contribution in [0, 0.1) is 19.8 Å². The van der Waals surface area contributed by atoms with Crippen molar-refractivity contribution >= 4 is 11.9 Å². The van der Waals surface area contributed by atoms with E-state index in [1.807, 2.05) is 48.9 Å². The van der Waals surface area contributed by atoms with Crippen molar-refractivity contribution < 1.29 is 14.3 Å². The fraction of sp³-hybridized carbons (Fsp3) is 0.500. The smallest absolute Gasteiger partial charge is 0.311 e. The SMILES string of the molecule is Cc1nn(CC(C)C)c(C)c1CC(=O)O[C@@H](C(=O)NC1CC1)c1ccccc1. The number of benzene rings is 1. The minimum absolute atomic E-state index is 0.107. The summed E-state index contributed by atoms with van der Waals surface area (Å²) in [5.74, 6) is -0.215. The molecular formula is C22H29N3O3. The van der Waals surface area contributed by atoms with Crippen molar-refractivity contribution in [3.05, 3.63) is 52.8 Å². The van der Waals surface area contributed by atoms with Crippen LogP contribution in [0.15, 0.2) is 30.3 Å². The number of esters is 1. The van der Waals surface area contributed by atoms with Gasteiger partial charge in [0.05, 0.1) is 12.1 Å². The van der Waals surface area contributed by atoms with Crippen LogP contribution in [0.3, 0.4) is 0 Å². The Morgan fingerprint density at radius 1 is 1.21 bits per heavy atom. The van der Waals surface area contributed by atoms with Gasteiger partial charge in [-0.25, -0.2) is 0 Å². The highest BCUT2D eigenvalue weighted by atomic mass is 16.5. The molecule has 0 bridgehead atoms. The summed E-state index contributed by atoms with van der Waals surface area (Å²) in [6, 6.07) is 9.37. The number of hydrogen-bond acceptors (Lipinski definition) is 4. The number of carbonyl (C=O) groups is 2. The third-order valence-electron chi connectivity index (χ3n) is 4.90. The van der Waals surface area contributed by atoms with Gasteiger partial charge in [-0.05, 0) is 32.6 Å². The number of nitrogens with zero attached hydrogens (tertiary/aromatic N) is 2. The van der Waals surface area contributed by atoms with E-state index >= 15 is 0 Å². The van der Waals surface area contributed by atoms with Crippen molar-refractivity contribution in [2.45, 2.75) is 65.6 Å². The highest BCUT2D eigenvalue weighted by Crippen LogP contribution is 2.24. The Hall–Kier alpha value is -2.63. The number of nitrogens with one attached hydrogen (secondary N) is 1. The van der Waals surface area contributed by atoms with E-state index in [1.165, 1.54) is 0 Å². The molecule has 1 aromatic carbocycles. The lowest BCUT2D eigenvalue weighted by Gasteiger charge is -2.18. The molecular weight excluding hydrogens is 354 g/mol. The van der Waals surface area contributed by atoms with Crippen LogP contribution in [0.25, 0.3) is 0 Å². The Morgan fingerprint density at radius 3 is 2.50 bits per heavy atom. The molecule has 1 fully saturated rings. The van der Waals surface area contributed by atoms with Crippen LogP contribution in [-0.4, -0.2) is 27.7 Å². The molecule has 0 radical (unpaired) electrons. The van der Waals surface area contributed by atoms with Gasteiger partial charge in [-0.15, -0.1) is 0 Å². The van der Waals surface area contributed by atoms with Crippen LogP contribution in [0.1, 0.15) is 55.3 Å². The zero-order valence-electron chi connectivity index (χ0n) is 17.1. The third kappa shape index (κ3) is 5.00. The highest BCUT2D eigenvalue weighted by Gasteiger charge is 2.31. The molecule has 0 saturated heterocycles. The van der Waals surface area contributed by atoms with Crippen molar-refractivity contribution in [2.75, 3.05) is 0 Å². The minimum Gasteiger partial charge on any atom is -0.447 e. The summed E-state index contributed by atoms with van der Waals surface area (Å²) < 4.78 is 7.58. The van der Waals surface area contributed by atoms with Gasteiger partial charge in [-0.3, -0.25) is 14.3 Å². The maximum Gasteiger partial charge on any atom is 0.311 e. The van der Waals surface area contributed by atoms with Gasteiger partial charge in [0.25, 0.3) is 5.91 Å². The molecule has 1 aromatic heterocycles. The van der Waals surface area contributed by atoms with Crippen molar-refractivity contribution in [3.63, 3.8) is 0 Å². The molecule has 1 heterocycles. The topological polar surface area (TPSA) is 73.2 Å². The van der Waals surface area contributed by atoms with E-state index in [1.54, 1.807) is 0 Å². The fourth-order valence-electron chi connectivity index (χ4n) is 3.24. The molecule has 1 aliphatic rings. The molecule has 1 amide bonds. The standard InChI is InChI=1S/C22H29N3O3/c1-14(2)13-25-16(4)19(15(3)24-25)12-20(26)28-21(17-8-6-5-7-9-17)22(27)23-18-10-11-18/h5-9,14,18,21H,10-13H2,1-4H3,(H,23,27)/t21-/m1/s1. The van der Waals surface area contributed by atoms with E-state index in [0.717, 1.165) is 36.3 Å². The zero-order chi connectivity index (χ0) is 20.3. The molecule has 0 unspecified atom stereocenters. The van der Waals surface area contributed by atoms with Gasteiger partial charge in [0, 0.05) is 29.4 Å². The van der Waals surface area contributed by atoms with Crippen molar-refractivity contribution in [1.29, 1.82) is 0 Å².